The Balaban J connectivity index is 0.00000106. The Bertz CT molecular complexity index is 1060. The van der Waals surface area contributed by atoms with Gasteiger partial charge >= 0.3 is 0 Å². The molecule has 0 saturated heterocycles. The smallest absolute Gasteiger partial charge is 0.243 e. The predicted octanol–water partition coefficient (Wildman–Crippen LogP) is 3.05. The molecule has 2 aromatic rings. The predicted molar refractivity (Wildman–Crippen MR) is 139 cm³/mol. The van der Waals surface area contributed by atoms with Gasteiger partial charge in [-0.15, -0.1) is 0 Å². The molecule has 1 aliphatic heterocycles. The Morgan fingerprint density at radius 2 is 1.69 bits per heavy atom. The highest BCUT2D eigenvalue weighted by Crippen LogP contribution is 2.35. The number of aliphatic hydroxyl groups is 1. The molecule has 0 spiro atoms. The maximum Gasteiger partial charge on any atom is 0.243 e. The first-order valence-electron chi connectivity index (χ1n) is 12.3. The second-order valence-corrected chi connectivity index (χ2v) is 10.9. The van der Waals surface area contributed by atoms with E-state index in [1.165, 1.54) is 29.3 Å². The average Bonchev–Trinajstić information content (AvgIpc) is 3.35. The summed E-state index contributed by atoms with van der Waals surface area (Å²) >= 11 is 0. The van der Waals surface area contributed by atoms with Gasteiger partial charge in [0.1, 0.15) is 0 Å². The van der Waals surface area contributed by atoms with Crippen molar-refractivity contribution in [2.45, 2.75) is 57.6 Å². The first-order valence-corrected chi connectivity index (χ1v) is 13.7. The molecule has 0 bridgehead atoms. The number of nitrogens with one attached hydrogen (secondary N) is 1. The lowest BCUT2D eigenvalue weighted by atomic mass is 10.0. The molecule has 0 aliphatic carbocycles. The number of carbonyl (C=O) groups excluding carboxylic acids is 1. The summed E-state index contributed by atoms with van der Waals surface area (Å²) in [5.41, 5.74) is 6.08. The number of unbranched alkanes of at least 4 members (excludes halogenated alkanes) is 1. The third kappa shape index (κ3) is 8.19. The van der Waals surface area contributed by atoms with Crippen LogP contribution in [0.1, 0.15) is 52.1 Å². The van der Waals surface area contributed by atoms with Gasteiger partial charge in [-0.3, -0.25) is 4.79 Å². The summed E-state index contributed by atoms with van der Waals surface area (Å²) in [7, 11) is -3.96. The van der Waals surface area contributed by atoms with E-state index in [2.05, 4.69) is 19.2 Å². The zero-order valence-electron chi connectivity index (χ0n) is 21.5. The number of amides is 1. The lowest BCUT2D eigenvalue weighted by Crippen LogP contribution is -2.46. The normalized spacial score (nSPS) is 14.2. The summed E-state index contributed by atoms with van der Waals surface area (Å²) in [5.74, 6) is 0.383. The molecular formula is C26H39N3O6S. The SMILES string of the molecule is CC(C)CN(C[C@@H](O)[C@@H](NC(=O)CN)c1ccccc1)S(=O)(=O)c1ccc2c(c1)OCO2.CCCC. The van der Waals surface area contributed by atoms with E-state index in [4.69, 9.17) is 15.2 Å². The third-order valence-electron chi connectivity index (χ3n) is 5.49. The number of nitrogens with zero attached hydrogens (tertiary/aromatic N) is 1. The Morgan fingerprint density at radius 1 is 1.06 bits per heavy atom. The van der Waals surface area contributed by atoms with Crippen LogP contribution in [0.2, 0.25) is 0 Å². The molecule has 1 heterocycles. The fourth-order valence-corrected chi connectivity index (χ4v) is 5.11. The molecule has 0 saturated carbocycles. The van der Waals surface area contributed by atoms with Gasteiger partial charge in [0.05, 0.1) is 23.6 Å². The largest absolute Gasteiger partial charge is 0.454 e. The Morgan fingerprint density at radius 3 is 2.28 bits per heavy atom. The molecule has 36 heavy (non-hydrogen) atoms. The summed E-state index contributed by atoms with van der Waals surface area (Å²) in [6, 6.07) is 12.5. The van der Waals surface area contributed by atoms with E-state index >= 15 is 0 Å². The number of hydrogen-bond acceptors (Lipinski definition) is 7. The number of ether oxygens (including phenoxy) is 2. The minimum absolute atomic E-state index is 0.000191. The maximum absolute atomic E-state index is 13.5. The molecule has 1 aliphatic rings. The van der Waals surface area contributed by atoms with Crippen LogP contribution in [0.25, 0.3) is 0 Å². The lowest BCUT2D eigenvalue weighted by Gasteiger charge is -2.30. The fraction of sp³-hybridized carbons (Fsp3) is 0.500. The highest BCUT2D eigenvalue weighted by molar-refractivity contribution is 7.89. The summed E-state index contributed by atoms with van der Waals surface area (Å²) in [4.78, 5) is 12.0. The number of rotatable bonds is 11. The minimum Gasteiger partial charge on any atom is -0.454 e. The standard InChI is InChI=1S/C22H29N3O6S.C4H10/c1-15(2)12-25(32(28,29)17-8-9-19-20(10-17)31-14-30-19)13-18(26)22(24-21(27)11-23)16-6-4-3-5-7-16;1-3-4-2/h3-10,15,18,22,26H,11-14,23H2,1-2H3,(H,24,27);3-4H2,1-2H3/t18-,22+;/m1./s1. The highest BCUT2D eigenvalue weighted by Gasteiger charge is 2.32. The van der Waals surface area contributed by atoms with E-state index in [1.54, 1.807) is 30.3 Å². The second kappa shape index (κ2) is 14.2. The number of fused-ring (bicyclic) bond motifs is 1. The zero-order chi connectivity index (χ0) is 26.7. The molecule has 0 fully saturated rings. The van der Waals surface area contributed by atoms with Crippen LogP contribution in [0.3, 0.4) is 0 Å². The van der Waals surface area contributed by atoms with E-state index in [9.17, 15) is 18.3 Å². The van der Waals surface area contributed by atoms with Gasteiger partial charge < -0.3 is 25.6 Å². The van der Waals surface area contributed by atoms with Gasteiger partial charge in [-0.05, 0) is 23.6 Å². The van der Waals surface area contributed by atoms with E-state index in [1.807, 2.05) is 19.9 Å². The molecular weight excluding hydrogens is 482 g/mol. The molecule has 2 atom stereocenters. The molecule has 2 aromatic carbocycles. The molecule has 1 amide bonds. The average molecular weight is 522 g/mol. The van der Waals surface area contributed by atoms with E-state index in [0.29, 0.717) is 17.1 Å². The van der Waals surface area contributed by atoms with Crippen LogP contribution in [-0.4, -0.2) is 56.3 Å². The minimum atomic E-state index is -3.96. The van der Waals surface area contributed by atoms with Crippen molar-refractivity contribution in [3.63, 3.8) is 0 Å². The summed E-state index contributed by atoms with van der Waals surface area (Å²) < 4.78 is 38.7. The van der Waals surface area contributed by atoms with Crippen LogP contribution in [0, 0.1) is 5.92 Å². The van der Waals surface area contributed by atoms with Gasteiger partial charge in [0.2, 0.25) is 22.7 Å². The topological polar surface area (TPSA) is 131 Å². The van der Waals surface area contributed by atoms with Crippen LogP contribution < -0.4 is 20.5 Å². The van der Waals surface area contributed by atoms with Crippen LogP contribution in [0.5, 0.6) is 11.5 Å². The van der Waals surface area contributed by atoms with Gasteiger partial charge in [-0.25, -0.2) is 8.42 Å². The zero-order valence-corrected chi connectivity index (χ0v) is 22.3. The van der Waals surface area contributed by atoms with Crippen molar-refractivity contribution in [3.05, 3.63) is 54.1 Å². The number of aliphatic hydroxyl groups excluding tert-OH is 1. The van der Waals surface area contributed by atoms with Gasteiger partial charge in [-0.1, -0.05) is 70.9 Å². The van der Waals surface area contributed by atoms with Gasteiger partial charge in [0.15, 0.2) is 11.5 Å². The molecule has 9 nitrogen and oxygen atoms in total. The summed E-state index contributed by atoms with van der Waals surface area (Å²) in [6.45, 7) is 7.88. The first-order chi connectivity index (χ1) is 17.1. The van der Waals surface area contributed by atoms with Gasteiger partial charge in [0, 0.05) is 19.2 Å². The van der Waals surface area contributed by atoms with E-state index in [0.717, 1.165) is 0 Å². The van der Waals surface area contributed by atoms with Crippen molar-refractivity contribution < 1.29 is 27.8 Å². The van der Waals surface area contributed by atoms with E-state index < -0.39 is 28.1 Å². The molecule has 10 heteroatoms. The highest BCUT2D eigenvalue weighted by atomic mass is 32.2. The van der Waals surface area contributed by atoms with Crippen molar-refractivity contribution in [1.82, 2.24) is 9.62 Å². The van der Waals surface area contributed by atoms with E-state index in [-0.39, 0.29) is 37.2 Å². The second-order valence-electron chi connectivity index (χ2n) is 8.96. The Hall–Kier alpha value is -2.66. The van der Waals surface area contributed by atoms with Crippen molar-refractivity contribution >= 4 is 15.9 Å². The van der Waals surface area contributed by atoms with Crippen LogP contribution in [-0.2, 0) is 14.8 Å². The van der Waals surface area contributed by atoms with Crippen molar-refractivity contribution in [2.75, 3.05) is 26.4 Å². The van der Waals surface area contributed by atoms with Gasteiger partial charge in [-0.2, -0.15) is 4.31 Å². The monoisotopic (exact) mass is 521 g/mol. The summed E-state index contributed by atoms with van der Waals surface area (Å²) in [5, 5.41) is 13.7. The van der Waals surface area contributed by atoms with Crippen LogP contribution in [0.4, 0.5) is 0 Å². The summed E-state index contributed by atoms with van der Waals surface area (Å²) in [6.07, 6.45) is 1.43. The molecule has 0 unspecified atom stereocenters. The maximum atomic E-state index is 13.5. The Labute approximate surface area is 214 Å². The molecule has 3 rings (SSSR count). The number of hydrogen-bond donors (Lipinski definition) is 3. The number of sulfonamides is 1. The number of carbonyl (C=O) groups is 1. The number of benzene rings is 2. The fourth-order valence-electron chi connectivity index (χ4n) is 3.47. The lowest BCUT2D eigenvalue weighted by molar-refractivity contribution is -0.121. The molecule has 0 aromatic heterocycles. The van der Waals surface area contributed by atoms with Crippen LogP contribution in [0.15, 0.2) is 53.4 Å². The van der Waals surface area contributed by atoms with Crippen molar-refractivity contribution in [3.8, 4) is 11.5 Å². The molecule has 0 radical (unpaired) electrons. The third-order valence-corrected chi connectivity index (χ3v) is 7.31. The van der Waals surface area contributed by atoms with Crippen molar-refractivity contribution in [1.29, 1.82) is 0 Å². The Kier molecular flexibility index (Phi) is 11.6. The quantitative estimate of drug-likeness (QED) is 0.414. The van der Waals surface area contributed by atoms with Crippen LogP contribution >= 0.6 is 0 Å². The van der Waals surface area contributed by atoms with Gasteiger partial charge in [0.25, 0.3) is 0 Å². The number of nitrogens with two attached hydrogens (primary N) is 1. The first kappa shape index (κ1) is 29.6. The van der Waals surface area contributed by atoms with Crippen molar-refractivity contribution in [2.24, 2.45) is 11.7 Å². The molecule has 4 N–H and O–H groups in total. The molecule has 200 valence electrons.